The fourth-order valence-corrected chi connectivity index (χ4v) is 2.76. The van der Waals surface area contributed by atoms with Crippen molar-refractivity contribution < 1.29 is 18.0 Å². The summed E-state index contributed by atoms with van der Waals surface area (Å²) in [6.07, 6.45) is -3.91. The van der Waals surface area contributed by atoms with Gasteiger partial charge in [0.2, 0.25) is 0 Å². The first-order valence-corrected chi connectivity index (χ1v) is 6.89. The Morgan fingerprint density at radius 3 is 2.52 bits per heavy atom. The Balaban J connectivity index is 2.23. The largest absolute Gasteiger partial charge is 0.404 e. The van der Waals surface area contributed by atoms with E-state index in [4.69, 9.17) is 0 Å². The van der Waals surface area contributed by atoms with E-state index in [2.05, 4.69) is 9.99 Å². The number of likely N-dealkylation sites (tertiary alicyclic amines) is 1. The SMILES string of the molecule is CO/N=C1/CCN([C@H](C)c2ccccc2)[C@H](C(F)(F)F)C1. The number of oxime groups is 1. The molecule has 1 fully saturated rings. The first-order chi connectivity index (χ1) is 9.93. The van der Waals surface area contributed by atoms with Gasteiger partial charge in [0, 0.05) is 25.4 Å². The Hall–Kier alpha value is -1.56. The Morgan fingerprint density at radius 2 is 1.95 bits per heavy atom. The molecule has 0 aliphatic carbocycles. The van der Waals surface area contributed by atoms with Gasteiger partial charge < -0.3 is 4.84 Å². The summed E-state index contributed by atoms with van der Waals surface area (Å²) in [5.41, 5.74) is 1.36. The average Bonchev–Trinajstić information content (AvgIpc) is 2.47. The van der Waals surface area contributed by atoms with Gasteiger partial charge in [0.05, 0.1) is 5.71 Å². The molecule has 1 heterocycles. The Morgan fingerprint density at radius 1 is 1.29 bits per heavy atom. The standard InChI is InChI=1S/C15H19F3N2O/c1-11(12-6-4-3-5-7-12)20-9-8-13(19-21-2)10-14(20)15(16,17)18/h3-7,11,14H,8-10H2,1-2H3/b19-13-/t11-,14+/m1/s1. The molecule has 6 heteroatoms. The van der Waals surface area contributed by atoms with Gasteiger partial charge in [0.25, 0.3) is 0 Å². The first-order valence-electron chi connectivity index (χ1n) is 6.89. The molecule has 116 valence electrons. The predicted molar refractivity (Wildman–Crippen MR) is 75.1 cm³/mol. The van der Waals surface area contributed by atoms with Gasteiger partial charge in [0.1, 0.15) is 13.2 Å². The van der Waals surface area contributed by atoms with Gasteiger partial charge in [0.15, 0.2) is 0 Å². The number of benzene rings is 1. The average molecular weight is 300 g/mol. The van der Waals surface area contributed by atoms with Crippen LogP contribution in [0, 0.1) is 0 Å². The van der Waals surface area contributed by atoms with Crippen LogP contribution < -0.4 is 0 Å². The van der Waals surface area contributed by atoms with Crippen LogP contribution in [0.4, 0.5) is 13.2 Å². The Bertz CT molecular complexity index is 487. The number of rotatable bonds is 3. The Labute approximate surface area is 122 Å². The van der Waals surface area contributed by atoms with Crippen molar-refractivity contribution in [1.82, 2.24) is 4.90 Å². The van der Waals surface area contributed by atoms with Crippen LogP contribution in [0.2, 0.25) is 0 Å². The number of hydrogen-bond acceptors (Lipinski definition) is 3. The van der Waals surface area contributed by atoms with Crippen molar-refractivity contribution in [2.45, 2.75) is 38.0 Å². The molecule has 1 aromatic rings. The third-order valence-corrected chi connectivity index (χ3v) is 3.87. The van der Waals surface area contributed by atoms with E-state index >= 15 is 0 Å². The van der Waals surface area contributed by atoms with E-state index in [0.29, 0.717) is 18.7 Å². The highest BCUT2D eigenvalue weighted by atomic mass is 19.4. The smallest absolute Gasteiger partial charge is 0.399 e. The summed E-state index contributed by atoms with van der Waals surface area (Å²) in [6, 6.07) is 7.45. The van der Waals surface area contributed by atoms with Crippen molar-refractivity contribution >= 4 is 5.71 Å². The van der Waals surface area contributed by atoms with Crippen molar-refractivity contribution in [3.8, 4) is 0 Å². The van der Waals surface area contributed by atoms with Crippen molar-refractivity contribution in [2.75, 3.05) is 13.7 Å². The van der Waals surface area contributed by atoms with Gasteiger partial charge in [-0.2, -0.15) is 13.2 Å². The molecule has 0 spiro atoms. The zero-order valence-corrected chi connectivity index (χ0v) is 12.1. The molecule has 21 heavy (non-hydrogen) atoms. The second-order valence-corrected chi connectivity index (χ2v) is 5.18. The van der Waals surface area contributed by atoms with Crippen LogP contribution in [0.5, 0.6) is 0 Å². The van der Waals surface area contributed by atoms with Gasteiger partial charge in [-0.15, -0.1) is 0 Å². The fourth-order valence-electron chi connectivity index (χ4n) is 2.76. The molecule has 1 aliphatic heterocycles. The van der Waals surface area contributed by atoms with Crippen LogP contribution >= 0.6 is 0 Å². The molecule has 2 rings (SSSR count). The van der Waals surface area contributed by atoms with Crippen LogP contribution in [0.1, 0.15) is 31.4 Å². The maximum Gasteiger partial charge on any atom is 0.404 e. The number of piperidine rings is 1. The number of halogens is 3. The van der Waals surface area contributed by atoms with Gasteiger partial charge in [-0.05, 0) is 12.5 Å². The molecule has 3 nitrogen and oxygen atoms in total. The third kappa shape index (κ3) is 3.75. The monoisotopic (exact) mass is 300 g/mol. The predicted octanol–water partition coefficient (Wildman–Crippen LogP) is 3.78. The van der Waals surface area contributed by atoms with Gasteiger partial charge >= 0.3 is 6.18 Å². The number of hydrogen-bond donors (Lipinski definition) is 0. The molecule has 1 aromatic carbocycles. The van der Waals surface area contributed by atoms with Crippen molar-refractivity contribution in [1.29, 1.82) is 0 Å². The van der Waals surface area contributed by atoms with Crippen molar-refractivity contribution in [3.05, 3.63) is 35.9 Å². The maximum absolute atomic E-state index is 13.3. The summed E-state index contributed by atoms with van der Waals surface area (Å²) < 4.78 is 40.0. The molecule has 1 aliphatic rings. The molecule has 0 unspecified atom stereocenters. The summed E-state index contributed by atoms with van der Waals surface area (Å²) in [5.74, 6) is 0. The van der Waals surface area contributed by atoms with Gasteiger partial charge in [-0.3, -0.25) is 4.90 Å². The van der Waals surface area contributed by atoms with Crippen LogP contribution in [0.25, 0.3) is 0 Å². The minimum atomic E-state index is -4.28. The lowest BCUT2D eigenvalue weighted by atomic mass is 9.95. The lowest BCUT2D eigenvalue weighted by Gasteiger charge is -2.41. The number of alkyl halides is 3. The molecular formula is C15H19F3N2O. The second kappa shape index (κ2) is 6.47. The molecular weight excluding hydrogens is 281 g/mol. The van der Waals surface area contributed by atoms with Gasteiger partial charge in [-0.1, -0.05) is 35.5 Å². The molecule has 0 aromatic heterocycles. The molecule has 0 amide bonds. The maximum atomic E-state index is 13.3. The lowest BCUT2D eigenvalue weighted by Crippen LogP contribution is -2.51. The highest BCUT2D eigenvalue weighted by Crippen LogP contribution is 2.36. The molecule has 1 saturated heterocycles. The summed E-state index contributed by atoms with van der Waals surface area (Å²) in [7, 11) is 1.36. The lowest BCUT2D eigenvalue weighted by molar-refractivity contribution is -0.189. The summed E-state index contributed by atoms with van der Waals surface area (Å²) in [5, 5.41) is 3.70. The second-order valence-electron chi connectivity index (χ2n) is 5.18. The van der Waals surface area contributed by atoms with E-state index in [1.165, 1.54) is 12.0 Å². The van der Waals surface area contributed by atoms with Crippen molar-refractivity contribution in [3.63, 3.8) is 0 Å². The minimum Gasteiger partial charge on any atom is -0.399 e. The van der Waals surface area contributed by atoms with E-state index < -0.39 is 12.2 Å². The molecule has 0 radical (unpaired) electrons. The third-order valence-electron chi connectivity index (χ3n) is 3.87. The summed E-state index contributed by atoms with van der Waals surface area (Å²) >= 11 is 0. The molecule has 0 bridgehead atoms. The first kappa shape index (κ1) is 15.8. The Kier molecular flexibility index (Phi) is 4.88. The fraction of sp³-hybridized carbons (Fsp3) is 0.533. The topological polar surface area (TPSA) is 24.8 Å². The zero-order valence-electron chi connectivity index (χ0n) is 12.1. The number of nitrogens with zero attached hydrogens (tertiary/aromatic N) is 2. The van der Waals surface area contributed by atoms with Crippen LogP contribution in [0.15, 0.2) is 35.5 Å². The highest BCUT2D eigenvalue weighted by Gasteiger charge is 2.47. The highest BCUT2D eigenvalue weighted by molar-refractivity contribution is 5.85. The van der Waals surface area contributed by atoms with E-state index in [0.717, 1.165) is 5.56 Å². The zero-order chi connectivity index (χ0) is 15.5. The molecule has 0 N–H and O–H groups in total. The molecule has 2 atom stereocenters. The van der Waals surface area contributed by atoms with Crippen molar-refractivity contribution in [2.24, 2.45) is 5.16 Å². The minimum absolute atomic E-state index is 0.130. The summed E-state index contributed by atoms with van der Waals surface area (Å²) in [6.45, 7) is 2.13. The van der Waals surface area contributed by atoms with Crippen LogP contribution in [-0.4, -0.2) is 36.5 Å². The van der Waals surface area contributed by atoms with E-state index in [-0.39, 0.29) is 12.5 Å². The van der Waals surface area contributed by atoms with E-state index in [9.17, 15) is 13.2 Å². The van der Waals surface area contributed by atoms with Gasteiger partial charge in [-0.25, -0.2) is 0 Å². The quantitative estimate of drug-likeness (QED) is 0.794. The summed E-state index contributed by atoms with van der Waals surface area (Å²) in [4.78, 5) is 6.13. The van der Waals surface area contributed by atoms with E-state index in [1.54, 1.807) is 0 Å². The van der Waals surface area contributed by atoms with E-state index in [1.807, 2.05) is 37.3 Å². The van der Waals surface area contributed by atoms with Crippen LogP contribution in [0.3, 0.4) is 0 Å². The van der Waals surface area contributed by atoms with Crippen LogP contribution in [-0.2, 0) is 4.84 Å². The normalized spacial score (nSPS) is 24.0. The molecule has 0 saturated carbocycles.